The van der Waals surface area contributed by atoms with E-state index in [4.69, 9.17) is 22.1 Å². The van der Waals surface area contributed by atoms with Gasteiger partial charge >= 0.3 is 0 Å². The number of Topliss-reactive ketones (excluding diaryl/α,β-unsaturated/α-hetero) is 1. The Morgan fingerprint density at radius 3 is 2.70 bits per heavy atom. The quantitative estimate of drug-likeness (QED) is 0.705. The number of rotatable bonds is 5. The van der Waals surface area contributed by atoms with Gasteiger partial charge in [-0.3, -0.25) is 9.59 Å². The minimum atomic E-state index is -0.665. The van der Waals surface area contributed by atoms with Crippen LogP contribution >= 0.6 is 11.6 Å². The topological polar surface area (TPSA) is 85.2 Å². The van der Waals surface area contributed by atoms with Gasteiger partial charge < -0.3 is 15.5 Å². The largest absolute Gasteiger partial charge is 0.485 e. The summed E-state index contributed by atoms with van der Waals surface area (Å²) >= 11 is 5.84. The number of fused-ring (bicyclic) bond motifs is 1. The van der Waals surface area contributed by atoms with Crippen molar-refractivity contribution in [2.75, 3.05) is 6.61 Å². The Labute approximate surface area is 137 Å². The van der Waals surface area contributed by atoms with Gasteiger partial charge in [0.05, 0.1) is 5.56 Å². The van der Waals surface area contributed by atoms with Crippen LogP contribution in [-0.4, -0.2) is 23.3 Å². The average molecular weight is 329 g/mol. The summed E-state index contributed by atoms with van der Waals surface area (Å²) in [5.74, 6) is -0.634. The molecule has 116 valence electrons. The average Bonchev–Trinajstić information content (AvgIpc) is 2.97. The Balaban J connectivity index is 1.81. The summed E-state index contributed by atoms with van der Waals surface area (Å²) in [5.41, 5.74) is 6.85. The SMILES string of the molecule is NC(=O)c1cc(Cl)ccc1OCC(=O)c1c[nH]c2ccccc12. The summed E-state index contributed by atoms with van der Waals surface area (Å²) in [4.78, 5) is 26.8. The van der Waals surface area contributed by atoms with Gasteiger partial charge in [-0.2, -0.15) is 0 Å². The molecule has 3 rings (SSSR count). The molecule has 0 spiro atoms. The molecule has 0 radical (unpaired) electrons. The number of nitrogens with two attached hydrogens (primary N) is 1. The van der Waals surface area contributed by atoms with E-state index in [1.807, 2.05) is 24.3 Å². The number of amides is 1. The third-order valence-corrected chi connectivity index (χ3v) is 3.69. The molecule has 0 aliphatic rings. The van der Waals surface area contributed by atoms with Crippen molar-refractivity contribution >= 4 is 34.2 Å². The molecule has 0 aliphatic heterocycles. The molecule has 23 heavy (non-hydrogen) atoms. The molecule has 0 aliphatic carbocycles. The molecule has 3 N–H and O–H groups in total. The van der Waals surface area contributed by atoms with Crippen LogP contribution in [0.2, 0.25) is 5.02 Å². The van der Waals surface area contributed by atoms with E-state index in [0.29, 0.717) is 10.6 Å². The molecule has 1 heterocycles. The zero-order chi connectivity index (χ0) is 16.4. The fraction of sp³-hybridized carbons (Fsp3) is 0.0588. The molecule has 0 saturated heterocycles. The molecule has 3 aromatic rings. The van der Waals surface area contributed by atoms with Crippen molar-refractivity contribution in [3.05, 3.63) is 64.8 Å². The number of hydrogen-bond acceptors (Lipinski definition) is 3. The first-order valence-electron chi connectivity index (χ1n) is 6.87. The Hall–Kier alpha value is -2.79. The second kappa shape index (κ2) is 6.14. The third-order valence-electron chi connectivity index (χ3n) is 3.46. The van der Waals surface area contributed by atoms with Gasteiger partial charge in [0.1, 0.15) is 5.75 Å². The highest BCUT2D eigenvalue weighted by Gasteiger charge is 2.15. The number of nitrogens with one attached hydrogen (secondary N) is 1. The van der Waals surface area contributed by atoms with Gasteiger partial charge in [-0.25, -0.2) is 0 Å². The molecule has 6 heteroatoms. The van der Waals surface area contributed by atoms with Gasteiger partial charge in [0.25, 0.3) is 5.91 Å². The number of primary amides is 1. The lowest BCUT2D eigenvalue weighted by Crippen LogP contribution is -2.16. The van der Waals surface area contributed by atoms with E-state index >= 15 is 0 Å². The van der Waals surface area contributed by atoms with Crippen LogP contribution < -0.4 is 10.5 Å². The molecule has 0 bridgehead atoms. The van der Waals surface area contributed by atoms with E-state index in [9.17, 15) is 9.59 Å². The predicted octanol–water partition coefficient (Wildman–Crippen LogP) is 3.18. The van der Waals surface area contributed by atoms with Crippen molar-refractivity contribution in [1.82, 2.24) is 4.98 Å². The molecular weight excluding hydrogens is 316 g/mol. The minimum Gasteiger partial charge on any atom is -0.485 e. The number of ketones is 1. The van der Waals surface area contributed by atoms with Gasteiger partial charge in [-0.05, 0) is 24.3 Å². The third kappa shape index (κ3) is 3.05. The van der Waals surface area contributed by atoms with E-state index in [0.717, 1.165) is 10.9 Å². The number of aromatic nitrogens is 1. The number of benzene rings is 2. The van der Waals surface area contributed by atoms with Gasteiger partial charge in [0.15, 0.2) is 6.61 Å². The van der Waals surface area contributed by atoms with Crippen LogP contribution in [0.25, 0.3) is 10.9 Å². The number of para-hydroxylation sites is 1. The Kier molecular flexibility index (Phi) is 4.04. The van der Waals surface area contributed by atoms with Crippen LogP contribution in [0.1, 0.15) is 20.7 Å². The van der Waals surface area contributed by atoms with Crippen LogP contribution in [0.15, 0.2) is 48.7 Å². The maximum Gasteiger partial charge on any atom is 0.252 e. The highest BCUT2D eigenvalue weighted by molar-refractivity contribution is 6.31. The van der Waals surface area contributed by atoms with Crippen molar-refractivity contribution in [3.8, 4) is 5.75 Å². The molecule has 0 unspecified atom stereocenters. The number of carbonyl (C=O) groups is 2. The van der Waals surface area contributed by atoms with Crippen molar-refractivity contribution in [2.24, 2.45) is 5.73 Å². The van der Waals surface area contributed by atoms with Crippen LogP contribution in [0.5, 0.6) is 5.75 Å². The molecule has 0 fully saturated rings. The van der Waals surface area contributed by atoms with E-state index in [2.05, 4.69) is 4.98 Å². The predicted molar refractivity (Wildman–Crippen MR) is 88.1 cm³/mol. The zero-order valence-electron chi connectivity index (χ0n) is 12.0. The number of halogens is 1. The van der Waals surface area contributed by atoms with Gasteiger partial charge in [-0.1, -0.05) is 29.8 Å². The highest BCUT2D eigenvalue weighted by atomic mass is 35.5. The lowest BCUT2D eigenvalue weighted by Gasteiger charge is -2.09. The fourth-order valence-corrected chi connectivity index (χ4v) is 2.52. The molecule has 0 atom stereocenters. The lowest BCUT2D eigenvalue weighted by molar-refractivity contribution is 0.0913. The minimum absolute atomic E-state index is 0.143. The highest BCUT2D eigenvalue weighted by Crippen LogP contribution is 2.23. The number of ether oxygens (including phenoxy) is 1. The summed E-state index contributed by atoms with van der Waals surface area (Å²) in [6.45, 7) is -0.205. The van der Waals surface area contributed by atoms with E-state index in [-0.39, 0.29) is 23.7 Å². The van der Waals surface area contributed by atoms with Crippen molar-refractivity contribution in [3.63, 3.8) is 0 Å². The van der Waals surface area contributed by atoms with Crippen molar-refractivity contribution in [1.29, 1.82) is 0 Å². The standard InChI is InChI=1S/C17H13ClN2O3/c18-10-5-6-16(12(7-10)17(19)22)23-9-15(21)13-8-20-14-4-2-1-3-11(13)14/h1-8,20H,9H2,(H2,19,22). The second-order valence-corrected chi connectivity index (χ2v) is 5.40. The summed E-state index contributed by atoms with van der Waals surface area (Å²) in [7, 11) is 0. The maximum absolute atomic E-state index is 12.4. The number of hydrogen-bond donors (Lipinski definition) is 2. The first-order valence-corrected chi connectivity index (χ1v) is 7.25. The van der Waals surface area contributed by atoms with Crippen LogP contribution in [0.4, 0.5) is 0 Å². The molecule has 5 nitrogen and oxygen atoms in total. The number of carbonyl (C=O) groups excluding carboxylic acids is 2. The fourth-order valence-electron chi connectivity index (χ4n) is 2.34. The normalized spacial score (nSPS) is 10.7. The molecule has 2 aromatic carbocycles. The van der Waals surface area contributed by atoms with E-state index in [1.165, 1.54) is 12.1 Å². The van der Waals surface area contributed by atoms with Crippen LogP contribution in [0.3, 0.4) is 0 Å². The Morgan fingerprint density at radius 2 is 1.91 bits per heavy atom. The van der Waals surface area contributed by atoms with Crippen LogP contribution in [-0.2, 0) is 0 Å². The monoisotopic (exact) mass is 328 g/mol. The second-order valence-electron chi connectivity index (χ2n) is 4.96. The summed E-state index contributed by atoms with van der Waals surface area (Å²) in [6.07, 6.45) is 1.65. The summed E-state index contributed by atoms with van der Waals surface area (Å²) < 4.78 is 5.47. The van der Waals surface area contributed by atoms with Crippen molar-refractivity contribution < 1.29 is 14.3 Å². The first kappa shape index (κ1) is 15.1. The van der Waals surface area contributed by atoms with E-state index in [1.54, 1.807) is 12.3 Å². The molecule has 1 amide bonds. The van der Waals surface area contributed by atoms with Gasteiger partial charge in [0, 0.05) is 27.7 Å². The molecule has 0 saturated carbocycles. The molecule has 1 aromatic heterocycles. The van der Waals surface area contributed by atoms with Gasteiger partial charge in [-0.15, -0.1) is 0 Å². The first-order chi connectivity index (χ1) is 11.1. The zero-order valence-corrected chi connectivity index (χ0v) is 12.8. The van der Waals surface area contributed by atoms with E-state index < -0.39 is 5.91 Å². The smallest absolute Gasteiger partial charge is 0.252 e. The molecular formula is C17H13ClN2O3. The van der Waals surface area contributed by atoms with Crippen LogP contribution in [0, 0.1) is 0 Å². The summed E-state index contributed by atoms with van der Waals surface area (Å²) in [5, 5.41) is 1.20. The maximum atomic E-state index is 12.4. The van der Waals surface area contributed by atoms with Crippen molar-refractivity contribution in [2.45, 2.75) is 0 Å². The van der Waals surface area contributed by atoms with Gasteiger partial charge in [0.2, 0.25) is 5.78 Å². The summed E-state index contributed by atoms with van der Waals surface area (Å²) in [6, 6.07) is 12.0. The number of aromatic amines is 1. The lowest BCUT2D eigenvalue weighted by atomic mass is 10.1. The Morgan fingerprint density at radius 1 is 1.13 bits per heavy atom. The Bertz CT molecular complexity index is 902. The number of H-pyrrole nitrogens is 1.